The molecule has 1 aliphatic heterocycles. The van der Waals surface area contributed by atoms with Gasteiger partial charge in [-0.05, 0) is 47.9 Å². The number of nitrogens with zero attached hydrogens (tertiary/aromatic N) is 3. The average molecular weight is 431 g/mol. The summed E-state index contributed by atoms with van der Waals surface area (Å²) in [4.78, 5) is 11.1. The van der Waals surface area contributed by atoms with Crippen molar-refractivity contribution in [2.24, 2.45) is 4.99 Å². The fourth-order valence-corrected chi connectivity index (χ4v) is 3.84. The normalized spacial score (nSPS) is 16.6. The highest BCUT2D eigenvalue weighted by molar-refractivity contribution is 5.80. The highest BCUT2D eigenvalue weighted by Crippen LogP contribution is 2.25. The smallest absolute Gasteiger partial charge is 0.194 e. The molecule has 6 heteroatoms. The lowest BCUT2D eigenvalue weighted by Gasteiger charge is -2.35. The van der Waals surface area contributed by atoms with Crippen molar-refractivity contribution in [3.05, 3.63) is 95.3 Å². The zero-order valence-electron chi connectivity index (χ0n) is 18.7. The molecule has 2 aromatic carbocycles. The summed E-state index contributed by atoms with van der Waals surface area (Å²) in [5, 5.41) is 3.49. The van der Waals surface area contributed by atoms with E-state index >= 15 is 0 Å². The summed E-state index contributed by atoms with van der Waals surface area (Å²) in [6.07, 6.45) is 1.83. The Bertz CT molecular complexity index is 1020. The van der Waals surface area contributed by atoms with Crippen molar-refractivity contribution in [1.82, 2.24) is 15.2 Å². The van der Waals surface area contributed by atoms with Gasteiger partial charge in [-0.1, -0.05) is 42.5 Å². The zero-order chi connectivity index (χ0) is 22.2. The Hall–Kier alpha value is -3.38. The summed E-state index contributed by atoms with van der Waals surface area (Å²) < 4.78 is 11.9. The van der Waals surface area contributed by atoms with Crippen molar-refractivity contribution in [2.45, 2.75) is 26.2 Å². The second-order valence-electron chi connectivity index (χ2n) is 7.82. The maximum absolute atomic E-state index is 6.06. The van der Waals surface area contributed by atoms with Crippen molar-refractivity contribution in [2.75, 3.05) is 26.7 Å². The maximum Gasteiger partial charge on any atom is 0.194 e. The first-order valence-corrected chi connectivity index (χ1v) is 11.0. The minimum absolute atomic E-state index is 0.0547. The van der Waals surface area contributed by atoms with Crippen molar-refractivity contribution in [1.29, 1.82) is 0 Å². The van der Waals surface area contributed by atoms with E-state index in [1.807, 2.05) is 37.4 Å². The van der Waals surface area contributed by atoms with E-state index in [0.717, 1.165) is 30.5 Å². The standard InChI is InChI=1S/C26H30N4O2/c1-20-7-3-4-9-24(20)25-18-30(15-16-31-25)26(27-2)29-17-21-10-12-23(13-11-21)32-19-22-8-5-6-14-28-22/h3-14,25H,15-19H2,1-2H3,(H,27,29). The zero-order valence-corrected chi connectivity index (χ0v) is 18.7. The summed E-state index contributed by atoms with van der Waals surface area (Å²) in [6.45, 7) is 5.58. The molecule has 0 aliphatic carbocycles. The lowest BCUT2D eigenvalue weighted by Crippen LogP contribution is -2.48. The molecule has 1 aliphatic rings. The second-order valence-corrected chi connectivity index (χ2v) is 7.82. The molecule has 32 heavy (non-hydrogen) atoms. The molecule has 1 atom stereocenters. The first-order valence-electron chi connectivity index (χ1n) is 11.0. The van der Waals surface area contributed by atoms with E-state index in [1.165, 1.54) is 16.7 Å². The van der Waals surface area contributed by atoms with Gasteiger partial charge in [-0.25, -0.2) is 0 Å². The molecule has 3 aromatic rings. The number of hydrogen-bond donors (Lipinski definition) is 1. The number of rotatable bonds is 6. The van der Waals surface area contributed by atoms with Gasteiger partial charge in [0.25, 0.3) is 0 Å². The maximum atomic E-state index is 6.06. The quantitative estimate of drug-likeness (QED) is 0.471. The van der Waals surface area contributed by atoms with Gasteiger partial charge in [-0.15, -0.1) is 0 Å². The largest absolute Gasteiger partial charge is 0.487 e. The number of nitrogens with one attached hydrogen (secondary N) is 1. The number of pyridine rings is 1. The van der Waals surface area contributed by atoms with Crippen molar-refractivity contribution in [3.8, 4) is 5.75 Å². The predicted octanol–water partition coefficient (Wildman–Crippen LogP) is 4.12. The number of hydrogen-bond acceptors (Lipinski definition) is 4. The molecule has 0 spiro atoms. The van der Waals surface area contributed by atoms with Crippen LogP contribution in [0.4, 0.5) is 0 Å². The molecule has 4 rings (SSSR count). The molecule has 0 saturated carbocycles. The lowest BCUT2D eigenvalue weighted by molar-refractivity contribution is -0.00833. The molecule has 0 amide bonds. The van der Waals surface area contributed by atoms with Crippen molar-refractivity contribution in [3.63, 3.8) is 0 Å². The van der Waals surface area contributed by atoms with E-state index < -0.39 is 0 Å². The van der Waals surface area contributed by atoms with Gasteiger partial charge in [0.05, 0.1) is 18.8 Å². The van der Waals surface area contributed by atoms with Crippen molar-refractivity contribution >= 4 is 5.96 Å². The van der Waals surface area contributed by atoms with Gasteiger partial charge in [-0.3, -0.25) is 9.98 Å². The van der Waals surface area contributed by atoms with E-state index in [0.29, 0.717) is 19.8 Å². The number of morpholine rings is 1. The molecule has 1 unspecified atom stereocenters. The Morgan fingerprint density at radius 2 is 1.94 bits per heavy atom. The molecule has 1 N–H and O–H groups in total. The van der Waals surface area contributed by atoms with Gasteiger partial charge in [0.1, 0.15) is 18.5 Å². The third-order valence-corrected chi connectivity index (χ3v) is 5.60. The van der Waals surface area contributed by atoms with Crippen LogP contribution in [0.15, 0.2) is 77.9 Å². The van der Waals surface area contributed by atoms with Crippen LogP contribution in [0.3, 0.4) is 0 Å². The minimum atomic E-state index is 0.0547. The fraction of sp³-hybridized carbons (Fsp3) is 0.308. The topological polar surface area (TPSA) is 59.0 Å². The van der Waals surface area contributed by atoms with Crippen LogP contribution in [0.1, 0.15) is 28.5 Å². The number of aryl methyl sites for hydroxylation is 1. The summed E-state index contributed by atoms with van der Waals surface area (Å²) >= 11 is 0. The average Bonchev–Trinajstić information content (AvgIpc) is 2.85. The number of benzene rings is 2. The molecular formula is C26H30N4O2. The molecule has 166 valence electrons. The van der Waals surface area contributed by atoms with Gasteiger partial charge in [-0.2, -0.15) is 0 Å². The highest BCUT2D eigenvalue weighted by Gasteiger charge is 2.25. The Balaban J connectivity index is 1.30. The monoisotopic (exact) mass is 430 g/mol. The Kier molecular flexibility index (Phi) is 7.35. The van der Waals surface area contributed by atoms with Crippen LogP contribution in [0.25, 0.3) is 0 Å². The van der Waals surface area contributed by atoms with E-state index in [2.05, 4.69) is 63.5 Å². The van der Waals surface area contributed by atoms with E-state index in [9.17, 15) is 0 Å². The van der Waals surface area contributed by atoms with Gasteiger partial charge >= 0.3 is 0 Å². The van der Waals surface area contributed by atoms with Crippen LogP contribution in [0, 0.1) is 6.92 Å². The molecular weight excluding hydrogens is 400 g/mol. The number of aliphatic imine (C=N–C) groups is 1. The number of guanidine groups is 1. The number of ether oxygens (including phenoxy) is 2. The first-order chi connectivity index (χ1) is 15.7. The van der Waals surface area contributed by atoms with Gasteiger partial charge in [0.2, 0.25) is 0 Å². The predicted molar refractivity (Wildman–Crippen MR) is 127 cm³/mol. The molecule has 6 nitrogen and oxygen atoms in total. The second kappa shape index (κ2) is 10.8. The third kappa shape index (κ3) is 5.65. The van der Waals surface area contributed by atoms with Crippen LogP contribution in [-0.2, 0) is 17.9 Å². The van der Waals surface area contributed by atoms with E-state index in [4.69, 9.17) is 9.47 Å². The summed E-state index contributed by atoms with van der Waals surface area (Å²) in [5.41, 5.74) is 4.58. The molecule has 1 fully saturated rings. The Labute approximate surface area is 189 Å². The first kappa shape index (κ1) is 21.8. The SMILES string of the molecule is CN=C(NCc1ccc(OCc2ccccn2)cc1)N1CCOC(c2ccccc2C)C1. The van der Waals surface area contributed by atoms with Crippen LogP contribution < -0.4 is 10.1 Å². The lowest BCUT2D eigenvalue weighted by atomic mass is 10.0. The number of aromatic nitrogens is 1. The minimum Gasteiger partial charge on any atom is -0.487 e. The van der Waals surface area contributed by atoms with Crippen LogP contribution >= 0.6 is 0 Å². The molecule has 0 radical (unpaired) electrons. The highest BCUT2D eigenvalue weighted by atomic mass is 16.5. The summed E-state index contributed by atoms with van der Waals surface area (Å²) in [5.74, 6) is 1.72. The molecule has 0 bridgehead atoms. The van der Waals surface area contributed by atoms with Gasteiger partial charge < -0.3 is 19.7 Å². The van der Waals surface area contributed by atoms with Gasteiger partial charge in [0, 0.05) is 26.3 Å². The Morgan fingerprint density at radius 3 is 2.69 bits per heavy atom. The fourth-order valence-electron chi connectivity index (χ4n) is 3.84. The van der Waals surface area contributed by atoms with Crippen LogP contribution in [0.2, 0.25) is 0 Å². The molecule has 1 saturated heterocycles. The van der Waals surface area contributed by atoms with E-state index in [-0.39, 0.29) is 6.10 Å². The summed E-state index contributed by atoms with van der Waals surface area (Å²) in [6, 6.07) is 22.4. The van der Waals surface area contributed by atoms with Crippen LogP contribution in [-0.4, -0.2) is 42.6 Å². The van der Waals surface area contributed by atoms with Gasteiger partial charge in [0.15, 0.2) is 5.96 Å². The van der Waals surface area contributed by atoms with Crippen molar-refractivity contribution < 1.29 is 9.47 Å². The van der Waals surface area contributed by atoms with Crippen LogP contribution in [0.5, 0.6) is 5.75 Å². The third-order valence-electron chi connectivity index (χ3n) is 5.60. The van der Waals surface area contributed by atoms with E-state index in [1.54, 1.807) is 6.20 Å². The molecule has 1 aromatic heterocycles. The summed E-state index contributed by atoms with van der Waals surface area (Å²) in [7, 11) is 1.83. The Morgan fingerprint density at radius 1 is 1.12 bits per heavy atom. The molecule has 2 heterocycles.